The van der Waals surface area contributed by atoms with Crippen LogP contribution in [0.2, 0.25) is 0 Å². The summed E-state index contributed by atoms with van der Waals surface area (Å²) in [6.07, 6.45) is -0.188. The van der Waals surface area contributed by atoms with Gasteiger partial charge in [0.05, 0.1) is 6.54 Å². The molecule has 1 aliphatic rings. The quantitative estimate of drug-likeness (QED) is 0.659. The maximum atomic E-state index is 12.4. The fourth-order valence-electron chi connectivity index (χ4n) is 1.00. The van der Waals surface area contributed by atoms with Crippen LogP contribution in [0.3, 0.4) is 0 Å². The number of carbonyl (C=O) groups excluding carboxylic acids is 1. The molecule has 0 aliphatic carbocycles. The van der Waals surface area contributed by atoms with Crippen molar-refractivity contribution in [1.29, 1.82) is 0 Å². The number of rotatable bonds is 0. The van der Waals surface area contributed by atoms with Crippen molar-refractivity contribution in [3.8, 4) is 0 Å². The van der Waals surface area contributed by atoms with E-state index in [1.807, 2.05) is 13.8 Å². The topological polar surface area (TPSA) is 40.5 Å². The SMILES string of the molecule is CC.CC(=O)N1CCC(F)(F)C1.CO. The average Bonchev–Trinajstić information content (AvgIpc) is 2.53. The minimum atomic E-state index is -2.65. The van der Waals surface area contributed by atoms with Gasteiger partial charge in [-0.05, 0) is 0 Å². The molecule has 0 aromatic rings. The lowest BCUT2D eigenvalue weighted by atomic mass is 10.3. The Balaban J connectivity index is 0. The normalized spacial score (nSPS) is 17.5. The Kier molecular flexibility index (Phi) is 8.63. The number of likely N-dealkylation sites (tertiary alicyclic amines) is 1. The van der Waals surface area contributed by atoms with Gasteiger partial charge in [-0.1, -0.05) is 13.8 Å². The maximum absolute atomic E-state index is 12.4. The fourth-order valence-corrected chi connectivity index (χ4v) is 1.00. The molecule has 0 aromatic heterocycles. The molecule has 0 atom stereocenters. The number of alkyl halides is 2. The van der Waals surface area contributed by atoms with Gasteiger partial charge in [0.2, 0.25) is 5.91 Å². The summed E-state index contributed by atoms with van der Waals surface area (Å²) >= 11 is 0. The smallest absolute Gasteiger partial charge is 0.267 e. The lowest BCUT2D eigenvalue weighted by Crippen LogP contribution is -2.29. The first-order valence-corrected chi connectivity index (χ1v) is 4.59. The van der Waals surface area contributed by atoms with Gasteiger partial charge in [0.15, 0.2) is 0 Å². The van der Waals surface area contributed by atoms with Gasteiger partial charge in [-0.25, -0.2) is 8.78 Å². The third kappa shape index (κ3) is 5.85. The van der Waals surface area contributed by atoms with Gasteiger partial charge in [-0.15, -0.1) is 0 Å². The molecule has 14 heavy (non-hydrogen) atoms. The van der Waals surface area contributed by atoms with E-state index in [-0.39, 0.29) is 18.9 Å². The summed E-state index contributed by atoms with van der Waals surface area (Å²) < 4.78 is 24.7. The lowest BCUT2D eigenvalue weighted by Gasteiger charge is -2.12. The number of aliphatic hydroxyl groups is 1. The van der Waals surface area contributed by atoms with Gasteiger partial charge < -0.3 is 10.0 Å². The van der Waals surface area contributed by atoms with Crippen LogP contribution < -0.4 is 0 Å². The van der Waals surface area contributed by atoms with Crippen LogP contribution in [0.25, 0.3) is 0 Å². The summed E-state index contributed by atoms with van der Waals surface area (Å²) in [4.78, 5) is 11.7. The van der Waals surface area contributed by atoms with Crippen molar-refractivity contribution < 1.29 is 18.7 Å². The van der Waals surface area contributed by atoms with Gasteiger partial charge in [-0.2, -0.15) is 0 Å². The maximum Gasteiger partial charge on any atom is 0.267 e. The Morgan fingerprint density at radius 3 is 1.93 bits per heavy atom. The molecule has 0 radical (unpaired) electrons. The molecule has 1 aliphatic heterocycles. The van der Waals surface area contributed by atoms with Gasteiger partial charge in [0.1, 0.15) is 0 Å². The highest BCUT2D eigenvalue weighted by molar-refractivity contribution is 5.73. The van der Waals surface area contributed by atoms with E-state index in [1.165, 1.54) is 11.8 Å². The summed E-state index contributed by atoms with van der Waals surface area (Å²) in [5.41, 5.74) is 0. The average molecular weight is 211 g/mol. The highest BCUT2D eigenvalue weighted by Crippen LogP contribution is 2.26. The second kappa shape index (κ2) is 7.67. The molecule has 1 rings (SSSR count). The number of amides is 1. The van der Waals surface area contributed by atoms with Crippen LogP contribution in [0.4, 0.5) is 8.78 Å². The van der Waals surface area contributed by atoms with Crippen LogP contribution in [-0.4, -0.2) is 42.0 Å². The Hall–Kier alpha value is -0.710. The molecule has 0 aromatic carbocycles. The Morgan fingerprint density at radius 1 is 1.36 bits per heavy atom. The Bertz CT molecular complexity index is 163. The zero-order valence-electron chi connectivity index (χ0n) is 9.18. The van der Waals surface area contributed by atoms with Crippen LogP contribution >= 0.6 is 0 Å². The Labute approximate surface area is 83.7 Å². The molecule has 1 amide bonds. The highest BCUT2D eigenvalue weighted by Gasteiger charge is 2.39. The van der Waals surface area contributed by atoms with E-state index in [9.17, 15) is 13.6 Å². The van der Waals surface area contributed by atoms with Crippen LogP contribution in [0, 0.1) is 0 Å². The molecule has 1 heterocycles. The predicted molar refractivity (Wildman–Crippen MR) is 51.3 cm³/mol. The van der Waals surface area contributed by atoms with Gasteiger partial charge >= 0.3 is 0 Å². The van der Waals surface area contributed by atoms with E-state index in [0.717, 1.165) is 7.11 Å². The molecule has 0 spiro atoms. The zero-order chi connectivity index (χ0) is 11.8. The molecule has 1 N–H and O–H groups in total. The summed E-state index contributed by atoms with van der Waals surface area (Å²) in [6.45, 7) is 5.10. The third-order valence-corrected chi connectivity index (χ3v) is 1.61. The van der Waals surface area contributed by atoms with E-state index < -0.39 is 12.5 Å². The fraction of sp³-hybridized carbons (Fsp3) is 0.889. The number of halogens is 2. The summed E-state index contributed by atoms with van der Waals surface area (Å²) in [6, 6.07) is 0. The molecular formula is C9H19F2NO2. The van der Waals surface area contributed by atoms with Crippen LogP contribution in [0.1, 0.15) is 27.2 Å². The number of aliphatic hydroxyl groups excluding tert-OH is 1. The Morgan fingerprint density at radius 2 is 1.79 bits per heavy atom. The van der Waals surface area contributed by atoms with Crippen molar-refractivity contribution >= 4 is 5.91 Å². The first-order valence-electron chi connectivity index (χ1n) is 4.59. The van der Waals surface area contributed by atoms with Crippen molar-refractivity contribution in [1.82, 2.24) is 4.90 Å². The van der Waals surface area contributed by atoms with E-state index in [4.69, 9.17) is 5.11 Å². The number of hydrogen-bond acceptors (Lipinski definition) is 2. The molecule has 3 nitrogen and oxygen atoms in total. The molecule has 86 valence electrons. The van der Waals surface area contributed by atoms with Crippen molar-refractivity contribution in [2.24, 2.45) is 0 Å². The van der Waals surface area contributed by atoms with E-state index in [1.54, 1.807) is 0 Å². The van der Waals surface area contributed by atoms with E-state index in [2.05, 4.69) is 0 Å². The zero-order valence-corrected chi connectivity index (χ0v) is 9.18. The van der Waals surface area contributed by atoms with Gasteiger partial charge in [0.25, 0.3) is 5.92 Å². The minimum Gasteiger partial charge on any atom is -0.400 e. The summed E-state index contributed by atoms with van der Waals surface area (Å²) in [7, 11) is 1.00. The van der Waals surface area contributed by atoms with Crippen molar-refractivity contribution in [2.75, 3.05) is 20.2 Å². The predicted octanol–water partition coefficient (Wildman–Crippen LogP) is 1.51. The second-order valence-corrected chi connectivity index (χ2v) is 2.55. The molecule has 1 fully saturated rings. The first kappa shape index (κ1) is 15.7. The number of nitrogens with zero attached hydrogens (tertiary/aromatic N) is 1. The van der Waals surface area contributed by atoms with Gasteiger partial charge in [-0.3, -0.25) is 4.79 Å². The second-order valence-electron chi connectivity index (χ2n) is 2.55. The van der Waals surface area contributed by atoms with Crippen LogP contribution in [-0.2, 0) is 4.79 Å². The standard InChI is InChI=1S/C6H9F2NO.C2H6.CH4O/c1-5(10)9-3-2-6(7,8)4-9;2*1-2/h2-4H2,1H3;1-2H3;2H,1H3. The van der Waals surface area contributed by atoms with Crippen molar-refractivity contribution in [3.05, 3.63) is 0 Å². The van der Waals surface area contributed by atoms with E-state index in [0.29, 0.717) is 0 Å². The molecular weight excluding hydrogens is 192 g/mol. The van der Waals surface area contributed by atoms with Crippen molar-refractivity contribution in [2.45, 2.75) is 33.1 Å². The minimum absolute atomic E-state index is 0.188. The molecule has 0 unspecified atom stereocenters. The van der Waals surface area contributed by atoms with Crippen LogP contribution in [0.5, 0.6) is 0 Å². The monoisotopic (exact) mass is 211 g/mol. The van der Waals surface area contributed by atoms with Crippen molar-refractivity contribution in [3.63, 3.8) is 0 Å². The highest BCUT2D eigenvalue weighted by atomic mass is 19.3. The first-order chi connectivity index (χ1) is 6.51. The molecule has 0 saturated carbocycles. The lowest BCUT2D eigenvalue weighted by molar-refractivity contribution is -0.129. The molecule has 1 saturated heterocycles. The van der Waals surface area contributed by atoms with Crippen LogP contribution in [0.15, 0.2) is 0 Å². The third-order valence-electron chi connectivity index (χ3n) is 1.61. The summed E-state index contributed by atoms with van der Waals surface area (Å²) in [5, 5.41) is 7.00. The number of carbonyl (C=O) groups is 1. The largest absolute Gasteiger partial charge is 0.400 e. The van der Waals surface area contributed by atoms with Gasteiger partial charge in [0, 0.05) is 27.0 Å². The number of hydrogen-bond donors (Lipinski definition) is 1. The molecule has 5 heteroatoms. The molecule has 0 bridgehead atoms. The van der Waals surface area contributed by atoms with E-state index >= 15 is 0 Å². The summed E-state index contributed by atoms with van der Waals surface area (Å²) in [5.74, 6) is -2.91.